The van der Waals surface area contributed by atoms with Gasteiger partial charge in [0, 0.05) is 30.5 Å². The van der Waals surface area contributed by atoms with Crippen molar-refractivity contribution in [1.29, 1.82) is 0 Å². The molecule has 1 fully saturated rings. The molecule has 0 aliphatic carbocycles. The number of pyridine rings is 1. The molecule has 1 amide bonds. The summed E-state index contributed by atoms with van der Waals surface area (Å²) in [4.78, 5) is 24.5. The molecule has 2 aromatic heterocycles. The van der Waals surface area contributed by atoms with Crippen molar-refractivity contribution in [1.82, 2.24) is 14.3 Å². The summed E-state index contributed by atoms with van der Waals surface area (Å²) in [5.74, 6) is -0.243. The van der Waals surface area contributed by atoms with Gasteiger partial charge >= 0.3 is 0 Å². The van der Waals surface area contributed by atoms with E-state index in [1.807, 2.05) is 38.1 Å². The summed E-state index contributed by atoms with van der Waals surface area (Å²) >= 11 is 1.46. The molecule has 0 saturated carbocycles. The van der Waals surface area contributed by atoms with E-state index < -0.39 is 10.0 Å². The monoisotopic (exact) mass is 534 g/mol. The molecule has 7 nitrogen and oxygen atoms in total. The average Bonchev–Trinajstić information content (AvgIpc) is 3.35. The van der Waals surface area contributed by atoms with Crippen LogP contribution in [0.1, 0.15) is 54.1 Å². The summed E-state index contributed by atoms with van der Waals surface area (Å²) in [6.07, 6.45) is 7.03. The summed E-state index contributed by atoms with van der Waals surface area (Å²) in [6.45, 7) is 4.90. The van der Waals surface area contributed by atoms with Crippen LogP contribution in [0.5, 0.6) is 0 Å². The second-order valence-corrected chi connectivity index (χ2v) is 12.3. The van der Waals surface area contributed by atoms with Gasteiger partial charge in [0.15, 0.2) is 5.13 Å². The van der Waals surface area contributed by atoms with E-state index in [9.17, 15) is 13.2 Å². The van der Waals surface area contributed by atoms with Crippen LogP contribution in [0.25, 0.3) is 10.2 Å². The molecule has 4 aromatic rings. The van der Waals surface area contributed by atoms with E-state index in [0.717, 1.165) is 47.0 Å². The Hall–Kier alpha value is -3.14. The van der Waals surface area contributed by atoms with Crippen molar-refractivity contribution in [2.45, 2.75) is 57.0 Å². The molecular formula is C28H30N4O3S2. The maximum Gasteiger partial charge on any atom is 0.260 e. The third kappa shape index (κ3) is 5.30. The quantitative estimate of drug-likeness (QED) is 0.299. The van der Waals surface area contributed by atoms with Crippen LogP contribution in [0, 0.1) is 6.92 Å². The van der Waals surface area contributed by atoms with Crippen LogP contribution in [0.3, 0.4) is 0 Å². The first kappa shape index (κ1) is 25.5. The van der Waals surface area contributed by atoms with E-state index in [-0.39, 0.29) is 16.8 Å². The fourth-order valence-electron chi connectivity index (χ4n) is 4.79. The van der Waals surface area contributed by atoms with Gasteiger partial charge in [-0.1, -0.05) is 36.8 Å². The predicted octanol–water partition coefficient (Wildman–Crippen LogP) is 5.80. The molecule has 0 radical (unpaired) electrons. The number of aromatic nitrogens is 2. The number of rotatable bonds is 7. The Morgan fingerprint density at radius 1 is 1.14 bits per heavy atom. The number of hydrogen-bond acceptors (Lipinski definition) is 6. The summed E-state index contributed by atoms with van der Waals surface area (Å²) in [5.41, 5.74) is 3.25. The van der Waals surface area contributed by atoms with Gasteiger partial charge in [-0.15, -0.1) is 0 Å². The highest BCUT2D eigenvalue weighted by molar-refractivity contribution is 7.89. The molecule has 1 unspecified atom stereocenters. The van der Waals surface area contributed by atoms with Crippen molar-refractivity contribution >= 4 is 42.6 Å². The van der Waals surface area contributed by atoms with Crippen LogP contribution in [0.2, 0.25) is 0 Å². The molecule has 2 aromatic carbocycles. The van der Waals surface area contributed by atoms with Crippen molar-refractivity contribution in [2.75, 3.05) is 11.4 Å². The van der Waals surface area contributed by atoms with Gasteiger partial charge in [-0.25, -0.2) is 13.4 Å². The van der Waals surface area contributed by atoms with Gasteiger partial charge in [0.2, 0.25) is 10.0 Å². The van der Waals surface area contributed by atoms with E-state index in [0.29, 0.717) is 23.8 Å². The van der Waals surface area contributed by atoms with Crippen molar-refractivity contribution in [3.63, 3.8) is 0 Å². The van der Waals surface area contributed by atoms with Crippen LogP contribution in [0.4, 0.5) is 5.13 Å². The molecule has 1 atom stereocenters. The average molecular weight is 535 g/mol. The summed E-state index contributed by atoms with van der Waals surface area (Å²) in [5, 5.41) is 0.588. The van der Waals surface area contributed by atoms with Gasteiger partial charge in [0.25, 0.3) is 5.91 Å². The maximum atomic E-state index is 13.8. The van der Waals surface area contributed by atoms with E-state index in [2.05, 4.69) is 11.1 Å². The number of carbonyl (C=O) groups is 1. The Bertz CT molecular complexity index is 1500. The van der Waals surface area contributed by atoms with Crippen molar-refractivity contribution in [3.8, 4) is 0 Å². The lowest BCUT2D eigenvalue weighted by Crippen LogP contribution is -2.43. The Morgan fingerprint density at radius 2 is 1.95 bits per heavy atom. The highest BCUT2D eigenvalue weighted by Gasteiger charge is 2.32. The Labute approximate surface area is 221 Å². The lowest BCUT2D eigenvalue weighted by atomic mass is 10.0. The Morgan fingerprint density at radius 3 is 2.68 bits per heavy atom. The van der Waals surface area contributed by atoms with E-state index >= 15 is 0 Å². The molecule has 9 heteroatoms. The van der Waals surface area contributed by atoms with Gasteiger partial charge in [0.1, 0.15) is 0 Å². The van der Waals surface area contributed by atoms with Crippen molar-refractivity contribution in [3.05, 3.63) is 83.7 Å². The minimum absolute atomic E-state index is 0.0257. The third-order valence-corrected chi connectivity index (χ3v) is 9.83. The Balaban J connectivity index is 1.46. The van der Waals surface area contributed by atoms with Gasteiger partial charge in [-0.3, -0.25) is 14.7 Å². The molecule has 1 aliphatic rings. The molecule has 0 N–H and O–H groups in total. The maximum absolute atomic E-state index is 13.8. The molecule has 0 spiro atoms. The molecule has 192 valence electrons. The number of hydrogen-bond donors (Lipinski definition) is 0. The fraction of sp³-hybridized carbons (Fsp3) is 0.321. The molecule has 3 heterocycles. The number of nitrogens with zero attached hydrogens (tertiary/aromatic N) is 4. The minimum atomic E-state index is -3.62. The molecule has 37 heavy (non-hydrogen) atoms. The number of benzene rings is 2. The van der Waals surface area contributed by atoms with E-state index in [1.165, 1.54) is 11.3 Å². The number of piperidine rings is 1. The largest absolute Gasteiger partial charge is 0.279 e. The number of anilines is 1. The highest BCUT2D eigenvalue weighted by Crippen LogP contribution is 2.32. The van der Waals surface area contributed by atoms with Crippen LogP contribution in [-0.4, -0.2) is 41.2 Å². The zero-order valence-corrected chi connectivity index (χ0v) is 22.6. The number of thiazole rings is 1. The van der Waals surface area contributed by atoms with E-state index in [4.69, 9.17) is 4.98 Å². The second-order valence-electron chi connectivity index (χ2n) is 9.42. The standard InChI is InChI=1S/C28H30N4O3S2/c1-3-23-8-4-5-16-32(23)37(34,35)24-12-10-22(11-13-24)27(33)31(19-21-7-6-15-29-18-21)28-30-25-14-9-20(2)17-26(25)36-28/h6-7,9-15,17-18,23H,3-5,8,16,19H2,1-2H3. The second kappa shape index (κ2) is 10.7. The number of amides is 1. The van der Waals surface area contributed by atoms with Gasteiger partial charge in [-0.2, -0.15) is 4.31 Å². The van der Waals surface area contributed by atoms with Gasteiger partial charge in [-0.05, 0) is 79.8 Å². The first-order valence-electron chi connectivity index (χ1n) is 12.6. The number of sulfonamides is 1. The predicted molar refractivity (Wildman–Crippen MR) is 147 cm³/mol. The molecular weight excluding hydrogens is 504 g/mol. The normalized spacial score (nSPS) is 16.6. The zero-order valence-electron chi connectivity index (χ0n) is 21.0. The summed E-state index contributed by atoms with van der Waals surface area (Å²) in [6, 6.07) is 16.1. The molecule has 0 bridgehead atoms. The van der Waals surface area contributed by atoms with Crippen molar-refractivity contribution < 1.29 is 13.2 Å². The van der Waals surface area contributed by atoms with Crippen LogP contribution < -0.4 is 4.90 Å². The number of aryl methyl sites for hydroxylation is 1. The van der Waals surface area contributed by atoms with Crippen LogP contribution in [-0.2, 0) is 16.6 Å². The minimum Gasteiger partial charge on any atom is -0.279 e. The lowest BCUT2D eigenvalue weighted by molar-refractivity contribution is 0.0985. The SMILES string of the molecule is CCC1CCCCN1S(=O)(=O)c1ccc(C(=O)N(Cc2cccnc2)c2nc3ccc(C)cc3s2)cc1. The van der Waals surface area contributed by atoms with Crippen LogP contribution >= 0.6 is 11.3 Å². The first-order chi connectivity index (χ1) is 17.9. The fourth-order valence-corrected chi connectivity index (χ4v) is 7.62. The van der Waals surface area contributed by atoms with Gasteiger partial charge in [0.05, 0.1) is 21.7 Å². The number of fused-ring (bicyclic) bond motifs is 1. The smallest absolute Gasteiger partial charge is 0.260 e. The van der Waals surface area contributed by atoms with E-state index in [1.54, 1.807) is 45.9 Å². The topological polar surface area (TPSA) is 83.5 Å². The zero-order chi connectivity index (χ0) is 26.0. The molecule has 1 saturated heterocycles. The van der Waals surface area contributed by atoms with Crippen LogP contribution in [0.15, 0.2) is 71.9 Å². The summed E-state index contributed by atoms with van der Waals surface area (Å²) in [7, 11) is -3.62. The number of carbonyl (C=O) groups excluding carboxylic acids is 1. The highest BCUT2D eigenvalue weighted by atomic mass is 32.2. The lowest BCUT2D eigenvalue weighted by Gasteiger charge is -2.34. The molecule has 1 aliphatic heterocycles. The Kier molecular flexibility index (Phi) is 7.37. The third-order valence-electron chi connectivity index (χ3n) is 6.82. The molecule has 5 rings (SSSR count). The van der Waals surface area contributed by atoms with Crippen molar-refractivity contribution in [2.24, 2.45) is 0 Å². The first-order valence-corrected chi connectivity index (χ1v) is 14.8. The van der Waals surface area contributed by atoms with Gasteiger partial charge < -0.3 is 0 Å². The summed E-state index contributed by atoms with van der Waals surface area (Å²) < 4.78 is 29.4.